The summed E-state index contributed by atoms with van der Waals surface area (Å²) in [5.41, 5.74) is 4.92. The molecule has 1 spiro atoms. The Balaban J connectivity index is 1.61. The maximum Gasteiger partial charge on any atom is 0.292 e. The third-order valence-corrected chi connectivity index (χ3v) is 5.32. The lowest BCUT2D eigenvalue weighted by atomic mass is 10.0. The van der Waals surface area contributed by atoms with Crippen molar-refractivity contribution in [3.05, 3.63) is 58.7 Å². The van der Waals surface area contributed by atoms with Crippen LogP contribution in [0.15, 0.2) is 36.4 Å². The number of carbonyl (C=O) groups excluding carboxylic acids is 1. The summed E-state index contributed by atoms with van der Waals surface area (Å²) in [7, 11) is 0. The predicted molar refractivity (Wildman–Crippen MR) is 108 cm³/mol. The third-order valence-electron chi connectivity index (χ3n) is 5.32. The van der Waals surface area contributed by atoms with Gasteiger partial charge in [0, 0.05) is 5.56 Å². The van der Waals surface area contributed by atoms with Gasteiger partial charge in [0.25, 0.3) is 11.7 Å². The number of fused-ring (bicyclic) bond motifs is 2. The van der Waals surface area contributed by atoms with E-state index in [1.807, 2.05) is 44.2 Å². The van der Waals surface area contributed by atoms with Crippen LogP contribution in [0.2, 0.25) is 0 Å². The van der Waals surface area contributed by atoms with Crippen molar-refractivity contribution in [2.75, 3.05) is 24.7 Å². The molecule has 2 heterocycles. The monoisotopic (exact) mass is 381 g/mol. The van der Waals surface area contributed by atoms with Crippen LogP contribution in [0.25, 0.3) is 0 Å². The summed E-state index contributed by atoms with van der Waals surface area (Å²) in [6, 6.07) is 12.1. The molecule has 1 fully saturated rings. The van der Waals surface area contributed by atoms with E-state index in [1.165, 1.54) is 0 Å². The van der Waals surface area contributed by atoms with Crippen molar-refractivity contribution in [1.82, 2.24) is 0 Å². The van der Waals surface area contributed by atoms with E-state index >= 15 is 0 Å². The molecule has 5 heteroatoms. The van der Waals surface area contributed by atoms with Crippen LogP contribution in [0, 0.1) is 13.8 Å². The number of benzene rings is 2. The number of nitrogens with zero attached hydrogens (tertiary/aromatic N) is 1. The zero-order valence-corrected chi connectivity index (χ0v) is 16.8. The molecule has 0 saturated carbocycles. The van der Waals surface area contributed by atoms with Crippen LogP contribution in [0.5, 0.6) is 5.75 Å². The lowest BCUT2D eigenvalue weighted by Crippen LogP contribution is -2.41. The van der Waals surface area contributed by atoms with Crippen molar-refractivity contribution in [3.8, 4) is 5.75 Å². The molecule has 2 aliphatic rings. The molecule has 1 saturated heterocycles. The normalized spacial score (nSPS) is 17.4. The zero-order valence-electron chi connectivity index (χ0n) is 16.8. The molecule has 0 unspecified atom stereocenters. The molecule has 0 atom stereocenters. The summed E-state index contributed by atoms with van der Waals surface area (Å²) in [6.45, 7) is 8.26. The van der Waals surface area contributed by atoms with Gasteiger partial charge in [0.05, 0.1) is 32.1 Å². The molecular formula is C23H27NO4. The van der Waals surface area contributed by atoms with E-state index in [2.05, 4.69) is 13.0 Å². The number of rotatable bonds is 6. The first-order valence-corrected chi connectivity index (χ1v) is 9.98. The summed E-state index contributed by atoms with van der Waals surface area (Å²) >= 11 is 0. The van der Waals surface area contributed by atoms with E-state index in [-0.39, 0.29) is 5.91 Å². The highest BCUT2D eigenvalue weighted by Crippen LogP contribution is 2.48. The number of hydrogen-bond acceptors (Lipinski definition) is 4. The van der Waals surface area contributed by atoms with Crippen LogP contribution in [-0.4, -0.2) is 25.7 Å². The highest BCUT2D eigenvalue weighted by molar-refractivity contribution is 6.07. The zero-order chi connectivity index (χ0) is 19.7. The maximum absolute atomic E-state index is 13.3. The molecule has 2 aromatic carbocycles. The van der Waals surface area contributed by atoms with Crippen LogP contribution in [-0.2, 0) is 26.6 Å². The van der Waals surface area contributed by atoms with Crippen molar-refractivity contribution in [3.63, 3.8) is 0 Å². The summed E-state index contributed by atoms with van der Waals surface area (Å²) in [5.74, 6) is -0.567. The van der Waals surface area contributed by atoms with Crippen molar-refractivity contribution in [1.29, 1.82) is 0 Å². The van der Waals surface area contributed by atoms with Gasteiger partial charge in [-0.15, -0.1) is 0 Å². The second-order valence-electron chi connectivity index (χ2n) is 7.53. The summed E-state index contributed by atoms with van der Waals surface area (Å²) < 4.78 is 17.5. The Morgan fingerprint density at radius 1 is 1.11 bits per heavy atom. The second-order valence-corrected chi connectivity index (χ2v) is 7.53. The van der Waals surface area contributed by atoms with Gasteiger partial charge in [0.2, 0.25) is 0 Å². The first-order valence-electron chi connectivity index (χ1n) is 9.98. The summed E-state index contributed by atoms with van der Waals surface area (Å²) in [6.07, 6.45) is 2.15. The standard InChI is InChI=1S/C23H27NO4/c1-4-5-10-26-19-8-6-18(7-9-19)15-24-21-17(3)13-16(2)14-20(21)23(22(24)25)27-11-12-28-23/h6-9,13-14H,4-5,10-12,15H2,1-3H3. The van der Waals surface area contributed by atoms with Crippen LogP contribution >= 0.6 is 0 Å². The number of amides is 1. The molecule has 4 rings (SSSR count). The fourth-order valence-electron chi connectivity index (χ4n) is 4.01. The fourth-order valence-corrected chi connectivity index (χ4v) is 4.01. The molecule has 2 aliphatic heterocycles. The predicted octanol–water partition coefficient (Wildman–Crippen LogP) is 4.23. The number of unbranched alkanes of at least 4 members (excludes halogenated alkanes) is 1. The van der Waals surface area contributed by atoms with Crippen molar-refractivity contribution >= 4 is 11.6 Å². The van der Waals surface area contributed by atoms with Gasteiger partial charge in [-0.25, -0.2) is 0 Å². The van der Waals surface area contributed by atoms with Crippen LogP contribution in [0.3, 0.4) is 0 Å². The highest BCUT2D eigenvalue weighted by atomic mass is 16.7. The Bertz CT molecular complexity index is 869. The lowest BCUT2D eigenvalue weighted by Gasteiger charge is -2.22. The molecule has 5 nitrogen and oxygen atoms in total. The largest absolute Gasteiger partial charge is 0.494 e. The van der Waals surface area contributed by atoms with E-state index in [4.69, 9.17) is 14.2 Å². The van der Waals surface area contributed by atoms with Crippen molar-refractivity contribution in [2.24, 2.45) is 0 Å². The molecule has 0 aliphatic carbocycles. The molecule has 0 bridgehead atoms. The van der Waals surface area contributed by atoms with Gasteiger partial charge in [-0.3, -0.25) is 4.79 Å². The molecule has 0 N–H and O–H groups in total. The molecule has 1 amide bonds. The molecule has 2 aromatic rings. The van der Waals surface area contributed by atoms with Crippen molar-refractivity contribution in [2.45, 2.75) is 45.9 Å². The summed E-state index contributed by atoms with van der Waals surface area (Å²) in [4.78, 5) is 15.1. The van der Waals surface area contributed by atoms with Crippen LogP contribution in [0.1, 0.15) is 42.0 Å². The van der Waals surface area contributed by atoms with Gasteiger partial charge in [-0.1, -0.05) is 37.1 Å². The average molecular weight is 381 g/mol. The van der Waals surface area contributed by atoms with Gasteiger partial charge < -0.3 is 19.1 Å². The molecule has 0 radical (unpaired) electrons. The number of hydrogen-bond donors (Lipinski definition) is 0. The first kappa shape index (κ1) is 19.0. The highest BCUT2D eigenvalue weighted by Gasteiger charge is 2.56. The van der Waals surface area contributed by atoms with Gasteiger partial charge in [0.15, 0.2) is 0 Å². The molecular weight excluding hydrogens is 354 g/mol. The average Bonchev–Trinajstić information content (AvgIpc) is 3.25. The number of anilines is 1. The minimum Gasteiger partial charge on any atom is -0.494 e. The van der Waals surface area contributed by atoms with E-state index in [0.717, 1.165) is 53.1 Å². The van der Waals surface area contributed by atoms with Gasteiger partial charge in [0.1, 0.15) is 5.75 Å². The quantitative estimate of drug-likeness (QED) is 0.703. The summed E-state index contributed by atoms with van der Waals surface area (Å²) in [5, 5.41) is 0. The van der Waals surface area contributed by atoms with E-state index in [0.29, 0.717) is 19.8 Å². The van der Waals surface area contributed by atoms with Gasteiger partial charge in [-0.05, 0) is 49.6 Å². The van der Waals surface area contributed by atoms with Crippen molar-refractivity contribution < 1.29 is 19.0 Å². The van der Waals surface area contributed by atoms with E-state index in [1.54, 1.807) is 4.90 Å². The van der Waals surface area contributed by atoms with E-state index < -0.39 is 5.79 Å². The minimum atomic E-state index is -1.28. The number of aryl methyl sites for hydroxylation is 2. The van der Waals surface area contributed by atoms with Crippen LogP contribution in [0.4, 0.5) is 5.69 Å². The molecule has 148 valence electrons. The molecule has 28 heavy (non-hydrogen) atoms. The van der Waals surface area contributed by atoms with E-state index in [9.17, 15) is 4.79 Å². The van der Waals surface area contributed by atoms with Gasteiger partial charge in [-0.2, -0.15) is 0 Å². The van der Waals surface area contributed by atoms with Crippen LogP contribution < -0.4 is 9.64 Å². The second kappa shape index (κ2) is 7.57. The smallest absolute Gasteiger partial charge is 0.292 e. The maximum atomic E-state index is 13.3. The fraction of sp³-hybridized carbons (Fsp3) is 0.435. The number of carbonyl (C=O) groups is 1. The Hall–Kier alpha value is -2.37. The lowest BCUT2D eigenvalue weighted by molar-refractivity contribution is -0.180. The Morgan fingerprint density at radius 3 is 2.50 bits per heavy atom. The number of ether oxygens (including phenoxy) is 3. The Morgan fingerprint density at radius 2 is 1.82 bits per heavy atom. The SMILES string of the molecule is CCCCOc1ccc(CN2C(=O)C3(OCCO3)c3cc(C)cc(C)c32)cc1. The molecule has 0 aromatic heterocycles. The topological polar surface area (TPSA) is 48.0 Å². The van der Waals surface area contributed by atoms with Gasteiger partial charge >= 0.3 is 0 Å². The Labute approximate surface area is 166 Å². The minimum absolute atomic E-state index is 0.142. The Kier molecular flexibility index (Phi) is 5.13. The third kappa shape index (κ3) is 3.19. The first-order chi connectivity index (χ1) is 13.5.